The molecule has 2 saturated heterocycles. The number of hydrogen-bond donors (Lipinski definition) is 0. The van der Waals surface area contributed by atoms with E-state index >= 15 is 0 Å². The van der Waals surface area contributed by atoms with Crippen LogP contribution in [0, 0.1) is 24.6 Å². The van der Waals surface area contributed by atoms with Crippen LogP contribution in [0.25, 0.3) is 0 Å². The zero-order valence-electron chi connectivity index (χ0n) is 18.0. The van der Waals surface area contributed by atoms with Gasteiger partial charge in [0.15, 0.2) is 0 Å². The van der Waals surface area contributed by atoms with Gasteiger partial charge in [-0.25, -0.2) is 9.29 Å². The number of ether oxygens (including phenoxy) is 1. The monoisotopic (exact) mass is 455 g/mol. The summed E-state index contributed by atoms with van der Waals surface area (Å²) in [6.45, 7) is 1.90. The van der Waals surface area contributed by atoms with Crippen LogP contribution in [-0.2, 0) is 14.3 Å². The molecule has 0 unspecified atom stereocenters. The molecule has 1 aliphatic carbocycles. The van der Waals surface area contributed by atoms with Gasteiger partial charge in [0.25, 0.3) is 0 Å². The van der Waals surface area contributed by atoms with Crippen molar-refractivity contribution in [3.63, 3.8) is 0 Å². The number of aryl methyl sites for hydroxylation is 1. The Morgan fingerprint density at radius 1 is 0.794 bits per heavy atom. The first-order valence-electron chi connectivity index (χ1n) is 10.9. The molecule has 1 spiro atoms. The van der Waals surface area contributed by atoms with Gasteiger partial charge >= 0.3 is 0 Å². The van der Waals surface area contributed by atoms with Crippen LogP contribution in [0.3, 0.4) is 0 Å². The smallest absolute Gasteiger partial charge is 0.241 e. The number of imide groups is 1. The van der Waals surface area contributed by atoms with Gasteiger partial charge in [0.1, 0.15) is 5.82 Å². The maximum Gasteiger partial charge on any atom is 0.241 e. The number of amides is 2. The molecule has 0 N–H and O–H groups in total. The maximum absolute atomic E-state index is 14.7. The Hall–Kier alpha value is -3.97. The normalized spacial score (nSPS) is 24.8. The summed E-state index contributed by atoms with van der Waals surface area (Å²) in [7, 11) is 0. The van der Waals surface area contributed by atoms with E-state index in [0.717, 1.165) is 16.5 Å². The van der Waals surface area contributed by atoms with Crippen molar-refractivity contribution in [3.05, 3.63) is 101 Å². The van der Waals surface area contributed by atoms with Crippen LogP contribution in [-0.4, -0.2) is 29.0 Å². The van der Waals surface area contributed by atoms with Crippen molar-refractivity contribution in [1.29, 1.82) is 0 Å². The summed E-state index contributed by atoms with van der Waals surface area (Å²) in [6, 6.07) is 18.8. The van der Waals surface area contributed by atoms with Crippen LogP contribution in [0.5, 0.6) is 0 Å². The van der Waals surface area contributed by atoms with E-state index in [1.54, 1.807) is 24.3 Å². The van der Waals surface area contributed by atoms with E-state index in [1.165, 1.54) is 30.3 Å². The van der Waals surface area contributed by atoms with Crippen LogP contribution < -0.4 is 4.90 Å². The van der Waals surface area contributed by atoms with Gasteiger partial charge in [-0.15, -0.1) is 0 Å². The van der Waals surface area contributed by atoms with Crippen molar-refractivity contribution in [3.8, 4) is 0 Å². The van der Waals surface area contributed by atoms with Gasteiger partial charge in [-0.05, 0) is 24.6 Å². The standard InChI is InChI=1S/C27H18FNO5/c1-14-10-12-15(13-11-14)22-20-21(26(33)29(25(20)32)19-9-5-4-8-18(19)28)27(34-22)23(30)16-6-2-3-7-17(16)24(27)31/h2-13,20-22H,1H3/t20-,21-,22-/m0/s1. The third kappa shape index (κ3) is 2.47. The first-order valence-corrected chi connectivity index (χ1v) is 10.9. The fraction of sp³-hybridized carbons (Fsp3) is 0.185. The molecule has 34 heavy (non-hydrogen) atoms. The van der Waals surface area contributed by atoms with Gasteiger partial charge in [-0.1, -0.05) is 66.2 Å². The van der Waals surface area contributed by atoms with Crippen molar-refractivity contribution >= 4 is 29.1 Å². The highest BCUT2D eigenvalue weighted by Crippen LogP contribution is 2.57. The number of ketones is 2. The Morgan fingerprint density at radius 2 is 1.38 bits per heavy atom. The molecule has 2 amide bonds. The van der Waals surface area contributed by atoms with Gasteiger partial charge < -0.3 is 4.74 Å². The lowest BCUT2D eigenvalue weighted by Gasteiger charge is -2.27. The zero-order chi connectivity index (χ0) is 23.8. The first kappa shape index (κ1) is 20.6. The number of para-hydroxylation sites is 1. The van der Waals surface area contributed by atoms with Gasteiger partial charge in [0.2, 0.25) is 29.0 Å². The topological polar surface area (TPSA) is 80.8 Å². The fourth-order valence-electron chi connectivity index (χ4n) is 5.44. The Bertz CT molecular complexity index is 1380. The third-order valence-corrected chi connectivity index (χ3v) is 7.02. The molecule has 2 fully saturated rings. The summed E-state index contributed by atoms with van der Waals surface area (Å²) >= 11 is 0. The Labute approximate surface area is 193 Å². The number of benzene rings is 3. The average molecular weight is 455 g/mol. The summed E-state index contributed by atoms with van der Waals surface area (Å²) in [4.78, 5) is 55.5. The lowest BCUT2D eigenvalue weighted by atomic mass is 9.77. The number of Topliss-reactive ketones (excluding diaryl/α,β-unsaturated/α-hetero) is 2. The number of hydrogen-bond acceptors (Lipinski definition) is 5. The minimum absolute atomic E-state index is 0.153. The van der Waals surface area contributed by atoms with Crippen molar-refractivity contribution in [2.75, 3.05) is 4.90 Å². The quantitative estimate of drug-likeness (QED) is 0.433. The zero-order valence-corrected chi connectivity index (χ0v) is 18.0. The van der Waals surface area contributed by atoms with Gasteiger partial charge in [0.05, 0.1) is 23.6 Å². The maximum atomic E-state index is 14.7. The highest BCUT2D eigenvalue weighted by molar-refractivity contribution is 6.37. The summed E-state index contributed by atoms with van der Waals surface area (Å²) < 4.78 is 20.9. The van der Waals surface area contributed by atoms with E-state index < -0.39 is 52.7 Å². The minimum atomic E-state index is -2.17. The van der Waals surface area contributed by atoms with E-state index in [-0.39, 0.29) is 16.8 Å². The molecule has 2 heterocycles. The largest absolute Gasteiger partial charge is 0.349 e. The second kappa shape index (κ2) is 7.01. The molecule has 3 aliphatic rings. The van der Waals surface area contributed by atoms with E-state index in [9.17, 15) is 23.6 Å². The number of fused-ring (bicyclic) bond motifs is 3. The molecule has 0 saturated carbocycles. The second-order valence-electron chi connectivity index (χ2n) is 8.86. The Balaban J connectivity index is 1.56. The van der Waals surface area contributed by atoms with E-state index in [4.69, 9.17) is 4.74 Å². The number of carbonyl (C=O) groups excluding carboxylic acids is 4. The Kier molecular flexibility index (Phi) is 4.25. The molecule has 168 valence electrons. The van der Waals surface area contributed by atoms with Gasteiger partial charge in [-0.3, -0.25) is 19.2 Å². The minimum Gasteiger partial charge on any atom is -0.349 e. The molecule has 0 radical (unpaired) electrons. The number of anilines is 1. The molecule has 0 bridgehead atoms. The third-order valence-electron chi connectivity index (χ3n) is 7.02. The number of halogens is 1. The Morgan fingerprint density at radius 3 is 2.00 bits per heavy atom. The molecule has 0 aromatic heterocycles. The van der Waals surface area contributed by atoms with Gasteiger partial charge in [0, 0.05) is 11.1 Å². The molecule has 6 nitrogen and oxygen atoms in total. The molecule has 3 aromatic rings. The molecule has 3 atom stereocenters. The molecule has 2 aliphatic heterocycles. The van der Waals surface area contributed by atoms with Crippen LogP contribution in [0.2, 0.25) is 0 Å². The summed E-state index contributed by atoms with van der Waals surface area (Å²) in [5, 5.41) is 0. The van der Waals surface area contributed by atoms with Crippen molar-refractivity contribution in [2.24, 2.45) is 11.8 Å². The van der Waals surface area contributed by atoms with E-state index in [1.807, 2.05) is 19.1 Å². The predicted molar refractivity (Wildman–Crippen MR) is 119 cm³/mol. The SMILES string of the molecule is Cc1ccc([C@@H]2OC3(C(=O)c4ccccc4C3=O)[C@@H]3C(=O)N(c4ccccc4F)C(=O)[C@@H]32)cc1. The highest BCUT2D eigenvalue weighted by atomic mass is 19.1. The average Bonchev–Trinajstić information content (AvgIpc) is 3.40. The molecule has 3 aromatic carbocycles. The van der Waals surface area contributed by atoms with Crippen molar-refractivity contribution in [1.82, 2.24) is 0 Å². The lowest BCUT2D eigenvalue weighted by molar-refractivity contribution is -0.127. The van der Waals surface area contributed by atoms with Crippen molar-refractivity contribution < 1.29 is 28.3 Å². The molecule has 6 rings (SSSR count). The summed E-state index contributed by atoms with van der Waals surface area (Å²) in [5.74, 6) is -6.11. The first-order chi connectivity index (χ1) is 16.4. The lowest BCUT2D eigenvalue weighted by Crippen LogP contribution is -2.51. The van der Waals surface area contributed by atoms with Crippen molar-refractivity contribution in [2.45, 2.75) is 18.6 Å². The van der Waals surface area contributed by atoms with Gasteiger partial charge in [-0.2, -0.15) is 0 Å². The van der Waals surface area contributed by atoms with Crippen LogP contribution in [0.4, 0.5) is 10.1 Å². The van der Waals surface area contributed by atoms with Crippen LogP contribution in [0.1, 0.15) is 37.9 Å². The number of rotatable bonds is 2. The fourth-order valence-corrected chi connectivity index (χ4v) is 5.44. The molecular formula is C27H18FNO5. The predicted octanol–water partition coefficient (Wildman–Crippen LogP) is 3.83. The van der Waals surface area contributed by atoms with E-state index in [0.29, 0.717) is 5.56 Å². The highest BCUT2D eigenvalue weighted by Gasteiger charge is 2.74. The molecular weight excluding hydrogens is 437 g/mol. The van der Waals surface area contributed by atoms with E-state index in [2.05, 4.69) is 0 Å². The number of carbonyl (C=O) groups is 4. The second-order valence-corrected chi connectivity index (χ2v) is 8.86. The molecule has 7 heteroatoms. The summed E-state index contributed by atoms with van der Waals surface area (Å²) in [6.07, 6.45) is -1.03. The van der Waals surface area contributed by atoms with Crippen LogP contribution >= 0.6 is 0 Å². The van der Waals surface area contributed by atoms with Crippen LogP contribution in [0.15, 0.2) is 72.8 Å². The summed E-state index contributed by atoms with van der Waals surface area (Å²) in [5.41, 5.74) is -0.543. The number of nitrogens with zero attached hydrogens (tertiary/aromatic N) is 1.